The van der Waals surface area contributed by atoms with Gasteiger partial charge in [0.25, 0.3) is 11.8 Å². The molecule has 0 aliphatic carbocycles. The Bertz CT molecular complexity index is 741. The van der Waals surface area contributed by atoms with E-state index in [0.717, 1.165) is 31.4 Å². The molecule has 0 saturated carbocycles. The van der Waals surface area contributed by atoms with Crippen molar-refractivity contribution in [2.45, 2.75) is 39.5 Å². The molecule has 2 N–H and O–H groups in total. The van der Waals surface area contributed by atoms with Crippen LogP contribution in [0.15, 0.2) is 48.5 Å². The first-order valence-corrected chi connectivity index (χ1v) is 9.57. The van der Waals surface area contributed by atoms with E-state index in [1.165, 1.54) is 0 Å². The molecule has 0 unspecified atom stereocenters. The van der Waals surface area contributed by atoms with Gasteiger partial charge >= 0.3 is 0 Å². The lowest BCUT2D eigenvalue weighted by atomic mass is 10.1. The third kappa shape index (κ3) is 6.44. The molecule has 0 aliphatic rings. The number of para-hydroxylation sites is 1. The number of unbranched alkanes of at least 4 members (excludes halogenated alkanes) is 2. The lowest BCUT2D eigenvalue weighted by molar-refractivity contribution is 0.0954. The van der Waals surface area contributed by atoms with Crippen LogP contribution in [0.3, 0.4) is 0 Å². The van der Waals surface area contributed by atoms with Crippen LogP contribution < -0.4 is 15.4 Å². The zero-order valence-corrected chi connectivity index (χ0v) is 16.1. The molecule has 0 saturated heterocycles. The van der Waals surface area contributed by atoms with Gasteiger partial charge in [0.1, 0.15) is 5.75 Å². The van der Waals surface area contributed by atoms with E-state index >= 15 is 0 Å². The van der Waals surface area contributed by atoms with E-state index in [4.69, 9.17) is 4.74 Å². The van der Waals surface area contributed by atoms with Gasteiger partial charge in [-0.2, -0.15) is 0 Å². The minimum Gasteiger partial charge on any atom is -0.494 e. The molecule has 2 aromatic rings. The van der Waals surface area contributed by atoms with E-state index in [9.17, 15) is 9.59 Å². The number of benzene rings is 2. The zero-order valence-electron chi connectivity index (χ0n) is 16.1. The minimum absolute atomic E-state index is 0.181. The van der Waals surface area contributed by atoms with Gasteiger partial charge in [0.05, 0.1) is 17.9 Å². The maximum Gasteiger partial charge on any atom is 0.255 e. The molecule has 0 bridgehead atoms. The first-order valence-electron chi connectivity index (χ1n) is 9.57. The van der Waals surface area contributed by atoms with Crippen molar-refractivity contribution in [2.24, 2.45) is 0 Å². The Morgan fingerprint density at radius 3 is 2.30 bits per heavy atom. The predicted octanol–water partition coefficient (Wildman–Crippen LogP) is 4.65. The maximum atomic E-state index is 12.5. The SMILES string of the molecule is CCCCNC(=O)c1ccccc1NC(=O)c1ccc(OCCCC)cc1. The van der Waals surface area contributed by atoms with Crippen molar-refractivity contribution in [1.82, 2.24) is 5.32 Å². The van der Waals surface area contributed by atoms with Crippen LogP contribution in [0.25, 0.3) is 0 Å². The van der Waals surface area contributed by atoms with Crippen LogP contribution in [0.4, 0.5) is 5.69 Å². The normalized spacial score (nSPS) is 10.3. The molecule has 0 atom stereocenters. The second-order valence-corrected chi connectivity index (χ2v) is 6.34. The van der Waals surface area contributed by atoms with E-state index in [-0.39, 0.29) is 11.8 Å². The number of hydrogen-bond donors (Lipinski definition) is 2. The van der Waals surface area contributed by atoms with Crippen LogP contribution in [-0.2, 0) is 0 Å². The third-order valence-electron chi connectivity index (χ3n) is 4.12. The van der Waals surface area contributed by atoms with Crippen molar-refractivity contribution < 1.29 is 14.3 Å². The monoisotopic (exact) mass is 368 g/mol. The Morgan fingerprint density at radius 1 is 0.889 bits per heavy atom. The Labute approximate surface area is 161 Å². The third-order valence-corrected chi connectivity index (χ3v) is 4.12. The van der Waals surface area contributed by atoms with E-state index in [1.54, 1.807) is 48.5 Å². The molecule has 27 heavy (non-hydrogen) atoms. The van der Waals surface area contributed by atoms with E-state index in [2.05, 4.69) is 24.5 Å². The largest absolute Gasteiger partial charge is 0.494 e. The quantitative estimate of drug-likeness (QED) is 0.600. The molecule has 5 heteroatoms. The van der Waals surface area contributed by atoms with Gasteiger partial charge in [-0.05, 0) is 49.2 Å². The van der Waals surface area contributed by atoms with E-state index in [0.29, 0.717) is 30.0 Å². The number of carbonyl (C=O) groups is 2. The lowest BCUT2D eigenvalue weighted by Crippen LogP contribution is -2.26. The Kier molecular flexibility index (Phi) is 8.36. The molecule has 2 rings (SSSR count). The molecule has 2 aromatic carbocycles. The molecule has 0 heterocycles. The van der Waals surface area contributed by atoms with Crippen molar-refractivity contribution in [3.8, 4) is 5.75 Å². The fourth-order valence-corrected chi connectivity index (χ4v) is 2.50. The van der Waals surface area contributed by atoms with Gasteiger partial charge in [-0.1, -0.05) is 38.8 Å². The molecular formula is C22H28N2O3. The highest BCUT2D eigenvalue weighted by Crippen LogP contribution is 2.18. The van der Waals surface area contributed by atoms with Crippen molar-refractivity contribution in [3.05, 3.63) is 59.7 Å². The Hall–Kier alpha value is -2.82. The molecule has 144 valence electrons. The number of nitrogens with one attached hydrogen (secondary N) is 2. The number of carbonyl (C=O) groups excluding carboxylic acids is 2. The highest BCUT2D eigenvalue weighted by Gasteiger charge is 2.13. The Morgan fingerprint density at radius 2 is 1.59 bits per heavy atom. The van der Waals surface area contributed by atoms with Crippen LogP contribution in [0, 0.1) is 0 Å². The average molecular weight is 368 g/mol. The van der Waals surface area contributed by atoms with Crippen LogP contribution in [0.1, 0.15) is 60.2 Å². The molecule has 5 nitrogen and oxygen atoms in total. The highest BCUT2D eigenvalue weighted by atomic mass is 16.5. The van der Waals surface area contributed by atoms with Crippen molar-refractivity contribution in [1.29, 1.82) is 0 Å². The van der Waals surface area contributed by atoms with Crippen LogP contribution in [0.5, 0.6) is 5.75 Å². The average Bonchev–Trinajstić information content (AvgIpc) is 2.69. The Balaban J connectivity index is 2.02. The molecule has 2 amide bonds. The summed E-state index contributed by atoms with van der Waals surface area (Å²) < 4.78 is 5.61. The summed E-state index contributed by atoms with van der Waals surface area (Å²) in [5.41, 5.74) is 1.47. The summed E-state index contributed by atoms with van der Waals surface area (Å²) in [4.78, 5) is 24.9. The number of hydrogen-bond acceptors (Lipinski definition) is 3. The standard InChI is InChI=1S/C22H28N2O3/c1-3-5-15-23-22(26)19-9-7-8-10-20(19)24-21(25)17-11-13-18(14-12-17)27-16-6-4-2/h7-14H,3-6,15-16H2,1-2H3,(H,23,26)(H,24,25). The molecule has 0 radical (unpaired) electrons. The number of ether oxygens (including phenoxy) is 1. The van der Waals surface area contributed by atoms with Gasteiger partial charge in [0.2, 0.25) is 0 Å². The zero-order chi connectivity index (χ0) is 19.5. The second kappa shape index (κ2) is 11.0. The molecule has 0 spiro atoms. The molecular weight excluding hydrogens is 340 g/mol. The predicted molar refractivity (Wildman–Crippen MR) is 108 cm³/mol. The highest BCUT2D eigenvalue weighted by molar-refractivity contribution is 6.09. The number of rotatable bonds is 10. The number of amides is 2. The van der Waals surface area contributed by atoms with Gasteiger partial charge in [-0.3, -0.25) is 9.59 Å². The van der Waals surface area contributed by atoms with E-state index in [1.807, 2.05) is 0 Å². The van der Waals surface area contributed by atoms with Gasteiger partial charge in [0.15, 0.2) is 0 Å². The fourth-order valence-electron chi connectivity index (χ4n) is 2.50. The molecule has 0 aliphatic heterocycles. The minimum atomic E-state index is -0.260. The first-order chi connectivity index (χ1) is 13.2. The molecule has 0 aromatic heterocycles. The number of anilines is 1. The maximum absolute atomic E-state index is 12.5. The van der Waals surface area contributed by atoms with Crippen LogP contribution >= 0.6 is 0 Å². The second-order valence-electron chi connectivity index (χ2n) is 6.34. The van der Waals surface area contributed by atoms with E-state index < -0.39 is 0 Å². The summed E-state index contributed by atoms with van der Waals surface area (Å²) in [5, 5.41) is 5.71. The summed E-state index contributed by atoms with van der Waals surface area (Å²) in [6.45, 7) is 5.47. The smallest absolute Gasteiger partial charge is 0.255 e. The molecule has 0 fully saturated rings. The summed E-state index contributed by atoms with van der Waals surface area (Å²) >= 11 is 0. The topological polar surface area (TPSA) is 67.4 Å². The van der Waals surface area contributed by atoms with Crippen molar-refractivity contribution in [3.63, 3.8) is 0 Å². The summed E-state index contributed by atoms with van der Waals surface area (Å²) in [7, 11) is 0. The first kappa shape index (κ1) is 20.5. The van der Waals surface area contributed by atoms with Gasteiger partial charge in [0, 0.05) is 12.1 Å². The fraction of sp³-hybridized carbons (Fsp3) is 0.364. The summed E-state index contributed by atoms with van der Waals surface area (Å²) in [6.07, 6.45) is 4.01. The van der Waals surface area contributed by atoms with Crippen LogP contribution in [0.2, 0.25) is 0 Å². The summed E-state index contributed by atoms with van der Waals surface area (Å²) in [5.74, 6) is 0.304. The summed E-state index contributed by atoms with van der Waals surface area (Å²) in [6, 6.07) is 14.0. The van der Waals surface area contributed by atoms with Crippen molar-refractivity contribution in [2.75, 3.05) is 18.5 Å². The van der Waals surface area contributed by atoms with Crippen LogP contribution in [-0.4, -0.2) is 25.0 Å². The van der Waals surface area contributed by atoms with Gasteiger partial charge in [-0.25, -0.2) is 0 Å². The lowest BCUT2D eigenvalue weighted by Gasteiger charge is -2.12. The van der Waals surface area contributed by atoms with Gasteiger partial charge in [-0.15, -0.1) is 0 Å². The van der Waals surface area contributed by atoms with Crippen molar-refractivity contribution >= 4 is 17.5 Å². The van der Waals surface area contributed by atoms with Gasteiger partial charge < -0.3 is 15.4 Å².